The molecule has 0 aromatic carbocycles. The molecule has 0 bridgehead atoms. The molecule has 8 nitrogen and oxygen atoms in total. The lowest BCUT2D eigenvalue weighted by Crippen LogP contribution is -2.13. The molecule has 0 aliphatic carbocycles. The first-order valence-electron chi connectivity index (χ1n) is 8.49. The van der Waals surface area contributed by atoms with Crippen LogP contribution in [0, 0.1) is 0 Å². The van der Waals surface area contributed by atoms with Crippen molar-refractivity contribution in [2.45, 2.75) is 25.8 Å². The van der Waals surface area contributed by atoms with Gasteiger partial charge in [-0.3, -0.25) is 9.48 Å². The van der Waals surface area contributed by atoms with Crippen molar-refractivity contribution in [2.75, 3.05) is 12.4 Å². The summed E-state index contributed by atoms with van der Waals surface area (Å²) < 4.78 is 8.90. The molecule has 3 aromatic rings. The van der Waals surface area contributed by atoms with E-state index in [1.807, 2.05) is 18.3 Å². The van der Waals surface area contributed by atoms with Crippen LogP contribution in [-0.4, -0.2) is 37.3 Å². The number of hydrogen-bond acceptors (Lipinski definition) is 5. The number of aryl methyl sites for hydroxylation is 2. The number of carbonyl (C=O) groups excluding carboxylic acids is 1. The smallest absolute Gasteiger partial charge is 0.263 e. The van der Waals surface area contributed by atoms with E-state index in [4.69, 9.17) is 4.74 Å². The Labute approximate surface area is 150 Å². The molecule has 0 unspecified atom stereocenters. The summed E-state index contributed by atoms with van der Waals surface area (Å²) in [6, 6.07) is 5.96. The molecule has 1 aliphatic heterocycles. The zero-order valence-electron chi connectivity index (χ0n) is 14.9. The van der Waals surface area contributed by atoms with Crippen LogP contribution >= 0.6 is 0 Å². The molecule has 0 fully saturated rings. The Bertz CT molecular complexity index is 974. The van der Waals surface area contributed by atoms with Crippen LogP contribution in [0.2, 0.25) is 0 Å². The van der Waals surface area contributed by atoms with Gasteiger partial charge in [0.2, 0.25) is 5.88 Å². The van der Waals surface area contributed by atoms with Gasteiger partial charge in [-0.2, -0.15) is 0 Å². The van der Waals surface area contributed by atoms with Gasteiger partial charge < -0.3 is 14.6 Å². The highest BCUT2D eigenvalue weighted by molar-refractivity contribution is 6.05. The Balaban J connectivity index is 1.62. The van der Waals surface area contributed by atoms with Gasteiger partial charge >= 0.3 is 0 Å². The standard InChI is InChI=1S/C18H20N6O2/c1-11-7-8-16-19-9-14(24(11)16)13-5-4-6-15(20-13)21-17(25)12-10-23(2)22-18(12)26-3/h4-6,9-11H,7-8H2,1-3H3,(H,20,21,25)/t11-/m1/s1. The number of nitrogens with zero attached hydrogens (tertiary/aromatic N) is 5. The zero-order valence-corrected chi connectivity index (χ0v) is 14.9. The average molecular weight is 352 g/mol. The molecule has 1 amide bonds. The molecular weight excluding hydrogens is 332 g/mol. The van der Waals surface area contributed by atoms with Crippen molar-refractivity contribution in [3.63, 3.8) is 0 Å². The van der Waals surface area contributed by atoms with Crippen molar-refractivity contribution in [2.24, 2.45) is 7.05 Å². The quantitative estimate of drug-likeness (QED) is 0.779. The number of aromatic nitrogens is 5. The van der Waals surface area contributed by atoms with Crippen LogP contribution < -0.4 is 10.1 Å². The Kier molecular flexibility index (Phi) is 3.95. The predicted octanol–water partition coefficient (Wildman–Crippen LogP) is 2.45. The summed E-state index contributed by atoms with van der Waals surface area (Å²) in [5.74, 6) is 1.53. The molecule has 26 heavy (non-hydrogen) atoms. The van der Waals surface area contributed by atoms with E-state index in [1.165, 1.54) is 11.8 Å². The van der Waals surface area contributed by atoms with Crippen LogP contribution in [0.1, 0.15) is 35.6 Å². The number of pyridine rings is 1. The second kappa shape index (κ2) is 6.29. The number of anilines is 1. The average Bonchev–Trinajstić information content (AvgIpc) is 3.31. The highest BCUT2D eigenvalue weighted by atomic mass is 16.5. The first-order valence-corrected chi connectivity index (χ1v) is 8.49. The van der Waals surface area contributed by atoms with Crippen molar-refractivity contribution in [3.8, 4) is 17.3 Å². The fourth-order valence-corrected chi connectivity index (χ4v) is 3.34. The Hall–Kier alpha value is -3.16. The van der Waals surface area contributed by atoms with Gasteiger partial charge in [-0.25, -0.2) is 9.97 Å². The molecule has 0 spiro atoms. The molecule has 1 atom stereocenters. The maximum Gasteiger partial charge on any atom is 0.263 e. The Morgan fingerprint density at radius 2 is 2.23 bits per heavy atom. The summed E-state index contributed by atoms with van der Waals surface area (Å²) in [6.45, 7) is 2.18. The van der Waals surface area contributed by atoms with Crippen molar-refractivity contribution >= 4 is 11.7 Å². The first-order chi connectivity index (χ1) is 12.6. The van der Waals surface area contributed by atoms with Crippen molar-refractivity contribution in [1.29, 1.82) is 0 Å². The highest BCUT2D eigenvalue weighted by Crippen LogP contribution is 2.31. The highest BCUT2D eigenvalue weighted by Gasteiger charge is 2.23. The van der Waals surface area contributed by atoms with Gasteiger partial charge in [0.05, 0.1) is 24.7 Å². The monoisotopic (exact) mass is 352 g/mol. The molecule has 0 radical (unpaired) electrons. The number of rotatable bonds is 4. The summed E-state index contributed by atoms with van der Waals surface area (Å²) in [5, 5.41) is 6.91. The van der Waals surface area contributed by atoms with Crippen LogP contribution in [-0.2, 0) is 13.5 Å². The molecule has 0 saturated heterocycles. The topological polar surface area (TPSA) is 86.9 Å². The lowest BCUT2D eigenvalue weighted by atomic mass is 10.2. The summed E-state index contributed by atoms with van der Waals surface area (Å²) in [4.78, 5) is 21.6. The zero-order chi connectivity index (χ0) is 18.3. The van der Waals surface area contributed by atoms with Crippen LogP contribution in [0.4, 0.5) is 5.82 Å². The van der Waals surface area contributed by atoms with Gasteiger partial charge in [-0.05, 0) is 25.5 Å². The third-order valence-electron chi connectivity index (χ3n) is 4.59. The number of nitrogens with one attached hydrogen (secondary N) is 1. The fourth-order valence-electron chi connectivity index (χ4n) is 3.34. The minimum absolute atomic E-state index is 0.281. The number of amides is 1. The second-order valence-corrected chi connectivity index (χ2v) is 6.41. The molecular formula is C18H20N6O2. The normalized spacial score (nSPS) is 15.7. The van der Waals surface area contributed by atoms with Gasteiger partial charge in [0.1, 0.15) is 17.2 Å². The maximum atomic E-state index is 12.5. The number of methoxy groups -OCH3 is 1. The van der Waals surface area contributed by atoms with E-state index in [-0.39, 0.29) is 11.8 Å². The molecule has 4 rings (SSSR count). The van der Waals surface area contributed by atoms with E-state index in [9.17, 15) is 4.79 Å². The fraction of sp³-hybridized carbons (Fsp3) is 0.333. The third-order valence-corrected chi connectivity index (χ3v) is 4.59. The number of ether oxygens (including phenoxy) is 1. The van der Waals surface area contributed by atoms with Crippen LogP contribution in [0.15, 0.2) is 30.6 Å². The summed E-state index contributed by atoms with van der Waals surface area (Å²) in [5.41, 5.74) is 2.12. The van der Waals surface area contributed by atoms with Crippen LogP contribution in [0.25, 0.3) is 11.4 Å². The van der Waals surface area contributed by atoms with Crippen molar-refractivity contribution in [1.82, 2.24) is 24.3 Å². The SMILES string of the molecule is COc1nn(C)cc1C(=O)Nc1cccc(-c2cnc3n2[C@H](C)CC3)n1. The largest absolute Gasteiger partial charge is 0.479 e. The van der Waals surface area contributed by atoms with Gasteiger partial charge in [0.25, 0.3) is 5.91 Å². The minimum atomic E-state index is -0.313. The molecule has 1 N–H and O–H groups in total. The Morgan fingerprint density at radius 1 is 1.38 bits per heavy atom. The van der Waals surface area contributed by atoms with E-state index in [2.05, 4.69) is 31.9 Å². The van der Waals surface area contributed by atoms with Crippen molar-refractivity contribution in [3.05, 3.63) is 42.0 Å². The molecule has 0 saturated carbocycles. The van der Waals surface area contributed by atoms with E-state index in [1.54, 1.807) is 19.3 Å². The molecule has 1 aliphatic rings. The molecule has 4 heterocycles. The maximum absolute atomic E-state index is 12.5. The lowest BCUT2D eigenvalue weighted by Gasteiger charge is -2.12. The second-order valence-electron chi connectivity index (χ2n) is 6.41. The van der Waals surface area contributed by atoms with E-state index in [0.717, 1.165) is 30.1 Å². The van der Waals surface area contributed by atoms with E-state index >= 15 is 0 Å². The van der Waals surface area contributed by atoms with Gasteiger partial charge in [-0.15, -0.1) is 5.10 Å². The first kappa shape index (κ1) is 16.3. The summed E-state index contributed by atoms with van der Waals surface area (Å²) in [7, 11) is 3.22. The van der Waals surface area contributed by atoms with Gasteiger partial charge in [-0.1, -0.05) is 6.07 Å². The number of imidazole rings is 1. The molecule has 3 aromatic heterocycles. The van der Waals surface area contributed by atoms with Gasteiger partial charge in [0.15, 0.2) is 0 Å². The number of fused-ring (bicyclic) bond motifs is 1. The summed E-state index contributed by atoms with van der Waals surface area (Å²) >= 11 is 0. The third kappa shape index (κ3) is 2.73. The van der Waals surface area contributed by atoms with E-state index < -0.39 is 0 Å². The van der Waals surface area contributed by atoms with Gasteiger partial charge in [0, 0.05) is 25.7 Å². The number of carbonyl (C=O) groups is 1. The number of hydrogen-bond donors (Lipinski definition) is 1. The van der Waals surface area contributed by atoms with Crippen molar-refractivity contribution < 1.29 is 9.53 Å². The lowest BCUT2D eigenvalue weighted by molar-refractivity contribution is 0.102. The molecule has 8 heteroatoms. The predicted molar refractivity (Wildman–Crippen MR) is 96.2 cm³/mol. The summed E-state index contributed by atoms with van der Waals surface area (Å²) in [6.07, 6.45) is 5.54. The molecule has 134 valence electrons. The minimum Gasteiger partial charge on any atom is -0.479 e. The van der Waals surface area contributed by atoms with Crippen LogP contribution in [0.3, 0.4) is 0 Å². The Morgan fingerprint density at radius 3 is 3.04 bits per heavy atom. The van der Waals surface area contributed by atoms with Crippen LogP contribution in [0.5, 0.6) is 5.88 Å². The van der Waals surface area contributed by atoms with E-state index in [0.29, 0.717) is 17.4 Å².